The Morgan fingerprint density at radius 2 is 2.00 bits per heavy atom. The van der Waals surface area contributed by atoms with E-state index in [2.05, 4.69) is 15.4 Å². The van der Waals surface area contributed by atoms with Gasteiger partial charge in [0, 0.05) is 43.9 Å². The molecule has 0 saturated carbocycles. The molecule has 3 aromatic rings. The van der Waals surface area contributed by atoms with Crippen LogP contribution < -0.4 is 5.32 Å². The summed E-state index contributed by atoms with van der Waals surface area (Å²) in [5.41, 5.74) is 2.74. The van der Waals surface area contributed by atoms with Crippen LogP contribution >= 0.6 is 0 Å². The Labute approximate surface area is 146 Å². The zero-order valence-corrected chi connectivity index (χ0v) is 14.1. The van der Waals surface area contributed by atoms with E-state index in [0.29, 0.717) is 18.0 Å². The molecule has 0 fully saturated rings. The van der Waals surface area contributed by atoms with E-state index in [9.17, 15) is 4.79 Å². The Bertz CT molecular complexity index is 830. The molecule has 2 aromatic heterocycles. The third kappa shape index (κ3) is 4.74. The first-order chi connectivity index (χ1) is 12.2. The van der Waals surface area contributed by atoms with Crippen molar-refractivity contribution in [2.45, 2.75) is 19.6 Å². The number of anilines is 1. The molecule has 0 radical (unpaired) electrons. The Hall–Kier alpha value is -2.99. The molecule has 1 amide bonds. The molecule has 0 unspecified atom stereocenters. The lowest BCUT2D eigenvalue weighted by Gasteiger charge is -2.05. The summed E-state index contributed by atoms with van der Waals surface area (Å²) in [6.07, 6.45) is 6.28. The maximum Gasteiger partial charge on any atom is 0.256 e. The van der Waals surface area contributed by atoms with Gasteiger partial charge in [-0.2, -0.15) is 5.10 Å². The van der Waals surface area contributed by atoms with Crippen LogP contribution in [0, 0.1) is 0 Å². The Kier molecular flexibility index (Phi) is 5.53. The molecule has 128 valence electrons. The fourth-order valence-corrected chi connectivity index (χ4v) is 2.50. The van der Waals surface area contributed by atoms with E-state index in [0.717, 1.165) is 18.5 Å². The predicted molar refractivity (Wildman–Crippen MR) is 95.3 cm³/mol. The molecular formula is C19H20N4O2. The minimum Gasteiger partial charge on any atom is -0.380 e. The van der Waals surface area contributed by atoms with Crippen molar-refractivity contribution in [1.29, 1.82) is 0 Å². The monoisotopic (exact) mass is 336 g/mol. The second-order valence-electron chi connectivity index (χ2n) is 5.66. The minimum atomic E-state index is -0.183. The highest BCUT2D eigenvalue weighted by Gasteiger charge is 2.09. The van der Waals surface area contributed by atoms with Gasteiger partial charge in [0.1, 0.15) is 0 Å². The summed E-state index contributed by atoms with van der Waals surface area (Å²) in [5, 5.41) is 7.22. The number of hydrogen-bond donors (Lipinski definition) is 1. The number of nitrogens with zero attached hydrogens (tertiary/aromatic N) is 3. The highest BCUT2D eigenvalue weighted by molar-refractivity contribution is 6.03. The first kappa shape index (κ1) is 16.9. The van der Waals surface area contributed by atoms with Crippen molar-refractivity contribution in [2.75, 3.05) is 12.4 Å². The van der Waals surface area contributed by atoms with Crippen LogP contribution in [0.2, 0.25) is 0 Å². The van der Waals surface area contributed by atoms with E-state index >= 15 is 0 Å². The van der Waals surface area contributed by atoms with E-state index in [1.165, 1.54) is 5.56 Å². The normalized spacial score (nSPS) is 10.6. The summed E-state index contributed by atoms with van der Waals surface area (Å²) in [5.74, 6) is 0.356. The van der Waals surface area contributed by atoms with Crippen LogP contribution in [0.15, 0.2) is 61.1 Å². The first-order valence-electron chi connectivity index (χ1n) is 8.06. The number of carbonyl (C=O) groups excluding carboxylic acids is 1. The molecule has 1 N–H and O–H groups in total. The van der Waals surface area contributed by atoms with Crippen LogP contribution in [0.5, 0.6) is 0 Å². The molecule has 1 aromatic carbocycles. The van der Waals surface area contributed by atoms with Gasteiger partial charge in [0.25, 0.3) is 5.91 Å². The van der Waals surface area contributed by atoms with E-state index in [4.69, 9.17) is 4.74 Å². The van der Waals surface area contributed by atoms with Gasteiger partial charge in [-0.15, -0.1) is 0 Å². The smallest absolute Gasteiger partial charge is 0.256 e. The maximum absolute atomic E-state index is 12.4. The average molecular weight is 336 g/mol. The summed E-state index contributed by atoms with van der Waals surface area (Å²) in [4.78, 5) is 16.4. The van der Waals surface area contributed by atoms with Gasteiger partial charge in [0.2, 0.25) is 0 Å². The topological polar surface area (TPSA) is 69.0 Å². The molecule has 0 spiro atoms. The van der Waals surface area contributed by atoms with Crippen LogP contribution in [0.25, 0.3) is 0 Å². The molecule has 0 aliphatic heterocycles. The summed E-state index contributed by atoms with van der Waals surface area (Å²) in [7, 11) is 1.63. The Balaban J connectivity index is 1.59. The van der Waals surface area contributed by atoms with Crippen LogP contribution in [0.1, 0.15) is 21.5 Å². The van der Waals surface area contributed by atoms with Crippen molar-refractivity contribution in [3.05, 3.63) is 77.7 Å². The maximum atomic E-state index is 12.4. The molecule has 6 heteroatoms. The molecule has 0 saturated heterocycles. The molecule has 6 nitrogen and oxygen atoms in total. The Morgan fingerprint density at radius 1 is 1.16 bits per heavy atom. The minimum absolute atomic E-state index is 0.183. The summed E-state index contributed by atoms with van der Waals surface area (Å²) < 4.78 is 6.91. The standard InChI is InChI=1S/C19H20N4O2/c1-25-14-16-3-2-4-17(13-16)19(24)21-18-8-12-23(22-18)11-7-15-5-9-20-10-6-15/h2-6,8-10,12-13H,7,11,14H2,1H3,(H,21,22,24). The van der Waals surface area contributed by atoms with Crippen molar-refractivity contribution in [1.82, 2.24) is 14.8 Å². The van der Waals surface area contributed by atoms with Gasteiger partial charge in [-0.25, -0.2) is 0 Å². The molecule has 0 atom stereocenters. The van der Waals surface area contributed by atoms with E-state index in [1.54, 1.807) is 31.6 Å². The van der Waals surface area contributed by atoms with Crippen molar-refractivity contribution in [3.63, 3.8) is 0 Å². The second-order valence-corrected chi connectivity index (χ2v) is 5.66. The second kappa shape index (κ2) is 8.21. The highest BCUT2D eigenvalue weighted by atomic mass is 16.5. The van der Waals surface area contributed by atoms with Gasteiger partial charge in [-0.1, -0.05) is 12.1 Å². The third-order valence-electron chi connectivity index (χ3n) is 3.76. The number of rotatable bonds is 7. The lowest BCUT2D eigenvalue weighted by molar-refractivity contribution is 0.102. The largest absolute Gasteiger partial charge is 0.380 e. The van der Waals surface area contributed by atoms with E-state index in [1.807, 2.05) is 41.2 Å². The number of ether oxygens (including phenoxy) is 1. The fourth-order valence-electron chi connectivity index (χ4n) is 2.50. The van der Waals surface area contributed by atoms with Crippen molar-refractivity contribution < 1.29 is 9.53 Å². The molecular weight excluding hydrogens is 316 g/mol. The molecule has 0 aliphatic carbocycles. The fraction of sp³-hybridized carbons (Fsp3) is 0.211. The van der Waals surface area contributed by atoms with Gasteiger partial charge in [0.15, 0.2) is 5.82 Å². The number of carbonyl (C=O) groups is 1. The van der Waals surface area contributed by atoms with E-state index in [-0.39, 0.29) is 5.91 Å². The number of pyridine rings is 1. The van der Waals surface area contributed by atoms with Gasteiger partial charge >= 0.3 is 0 Å². The number of hydrogen-bond acceptors (Lipinski definition) is 4. The van der Waals surface area contributed by atoms with Crippen LogP contribution in [-0.4, -0.2) is 27.8 Å². The zero-order chi connectivity index (χ0) is 17.5. The number of methoxy groups -OCH3 is 1. The van der Waals surface area contributed by atoms with Gasteiger partial charge < -0.3 is 10.1 Å². The lowest BCUT2D eigenvalue weighted by Crippen LogP contribution is -2.13. The number of aromatic nitrogens is 3. The summed E-state index contributed by atoms with van der Waals surface area (Å²) in [6, 6.07) is 13.1. The van der Waals surface area contributed by atoms with Crippen LogP contribution in [0.3, 0.4) is 0 Å². The van der Waals surface area contributed by atoms with Crippen molar-refractivity contribution >= 4 is 11.7 Å². The zero-order valence-electron chi connectivity index (χ0n) is 14.1. The SMILES string of the molecule is COCc1cccc(C(=O)Nc2ccn(CCc3ccncc3)n2)c1. The molecule has 25 heavy (non-hydrogen) atoms. The van der Waals surface area contributed by atoms with Crippen molar-refractivity contribution in [2.24, 2.45) is 0 Å². The van der Waals surface area contributed by atoms with Gasteiger partial charge in [-0.3, -0.25) is 14.5 Å². The van der Waals surface area contributed by atoms with E-state index < -0.39 is 0 Å². The molecule has 0 bridgehead atoms. The highest BCUT2D eigenvalue weighted by Crippen LogP contribution is 2.10. The quantitative estimate of drug-likeness (QED) is 0.720. The first-order valence-corrected chi connectivity index (χ1v) is 8.06. The predicted octanol–water partition coefficient (Wildman–Crippen LogP) is 2.92. The number of benzene rings is 1. The summed E-state index contributed by atoms with van der Waals surface area (Å²) in [6.45, 7) is 1.22. The van der Waals surface area contributed by atoms with Gasteiger partial charge in [0.05, 0.1) is 6.61 Å². The summed E-state index contributed by atoms with van der Waals surface area (Å²) >= 11 is 0. The average Bonchev–Trinajstić information content (AvgIpc) is 3.09. The van der Waals surface area contributed by atoms with Crippen LogP contribution in [-0.2, 0) is 24.3 Å². The van der Waals surface area contributed by atoms with Gasteiger partial charge in [-0.05, 0) is 41.8 Å². The molecule has 3 rings (SSSR count). The number of nitrogens with one attached hydrogen (secondary N) is 1. The van der Waals surface area contributed by atoms with Crippen LogP contribution in [0.4, 0.5) is 5.82 Å². The third-order valence-corrected chi connectivity index (χ3v) is 3.76. The number of aryl methyl sites for hydroxylation is 2. The van der Waals surface area contributed by atoms with Crippen molar-refractivity contribution in [3.8, 4) is 0 Å². The molecule has 0 aliphatic rings. The Morgan fingerprint density at radius 3 is 2.80 bits per heavy atom. The lowest BCUT2D eigenvalue weighted by atomic mass is 10.1. The number of amides is 1. The molecule has 2 heterocycles.